The maximum Gasteiger partial charge on any atom is 0.160 e. The van der Waals surface area contributed by atoms with Crippen molar-refractivity contribution in [2.24, 2.45) is 0 Å². The average molecular weight is 811 g/mol. The Kier molecular flexibility index (Phi) is 7.83. The zero-order chi connectivity index (χ0) is 41.6. The fraction of sp³-hybridized carbons (Fsp3) is 0.0508. The number of hydrogen-bond donors (Lipinski definition) is 0. The molecule has 2 aliphatic carbocycles. The van der Waals surface area contributed by atoms with Gasteiger partial charge in [0, 0.05) is 38.4 Å². The summed E-state index contributed by atoms with van der Waals surface area (Å²) in [6, 6.07) is 68.4. The minimum absolute atomic E-state index is 0.142. The van der Waals surface area contributed by atoms with Crippen molar-refractivity contribution in [3.05, 3.63) is 246 Å². The highest BCUT2D eigenvalue weighted by Crippen LogP contribution is 2.62. The third-order valence-corrected chi connectivity index (χ3v) is 13.6. The van der Waals surface area contributed by atoms with Crippen molar-refractivity contribution in [2.45, 2.75) is 17.9 Å². The highest BCUT2D eigenvalue weighted by atomic mass is 19.1. The molecule has 9 aromatic carbocycles. The number of benzene rings is 9. The van der Waals surface area contributed by atoms with Crippen molar-refractivity contribution in [3.63, 3.8) is 0 Å². The van der Waals surface area contributed by atoms with Gasteiger partial charge in [-0.3, -0.25) is 0 Å². The quantitative estimate of drug-likeness (QED) is 0.167. The van der Waals surface area contributed by atoms with E-state index < -0.39 is 5.41 Å². The maximum absolute atomic E-state index is 15.8. The lowest BCUT2D eigenvalue weighted by Crippen LogP contribution is -2.28. The lowest BCUT2D eigenvalue weighted by Gasteiger charge is -2.35. The van der Waals surface area contributed by atoms with Crippen molar-refractivity contribution >= 4 is 71.6 Å². The van der Waals surface area contributed by atoms with E-state index in [1.54, 1.807) is 12.1 Å². The highest BCUT2D eigenvalue weighted by Gasteiger charge is 2.48. The van der Waals surface area contributed by atoms with E-state index in [0.29, 0.717) is 5.69 Å². The first-order valence-electron chi connectivity index (χ1n) is 21.7. The van der Waals surface area contributed by atoms with Crippen molar-refractivity contribution in [2.75, 3.05) is 4.90 Å². The van der Waals surface area contributed by atoms with Crippen LogP contribution in [0.3, 0.4) is 0 Å². The molecule has 0 bridgehead atoms. The van der Waals surface area contributed by atoms with Gasteiger partial charge in [-0.15, -0.1) is 0 Å². The van der Waals surface area contributed by atoms with Crippen LogP contribution in [0.4, 0.5) is 21.5 Å². The van der Waals surface area contributed by atoms with Gasteiger partial charge in [0.15, 0.2) is 5.58 Å². The van der Waals surface area contributed by atoms with E-state index >= 15 is 4.39 Å². The second-order valence-corrected chi connectivity index (χ2v) is 16.8. The van der Waals surface area contributed by atoms with Gasteiger partial charge in [0.25, 0.3) is 0 Å². The Labute approximate surface area is 363 Å². The second-order valence-electron chi connectivity index (χ2n) is 16.8. The van der Waals surface area contributed by atoms with Crippen LogP contribution in [0.1, 0.15) is 34.7 Å². The van der Waals surface area contributed by atoms with Crippen LogP contribution in [0.25, 0.3) is 65.6 Å². The van der Waals surface area contributed by atoms with Gasteiger partial charge in [0.05, 0.1) is 22.7 Å². The molecule has 0 radical (unpaired) electrons. The van der Waals surface area contributed by atoms with E-state index in [1.807, 2.05) is 12.1 Å². The van der Waals surface area contributed by atoms with Crippen molar-refractivity contribution < 1.29 is 8.81 Å². The number of para-hydroxylation sites is 2. The molecule has 4 heteroatoms. The summed E-state index contributed by atoms with van der Waals surface area (Å²) in [5, 5.41) is 6.83. The van der Waals surface area contributed by atoms with Crippen molar-refractivity contribution in [1.29, 1.82) is 0 Å². The fourth-order valence-corrected chi connectivity index (χ4v) is 11.1. The Morgan fingerprint density at radius 2 is 1.24 bits per heavy atom. The minimum atomic E-state index is -0.719. The molecule has 2 heterocycles. The van der Waals surface area contributed by atoms with Crippen LogP contribution < -0.4 is 4.90 Å². The Balaban J connectivity index is 1.20. The van der Waals surface area contributed by atoms with Gasteiger partial charge in [0.2, 0.25) is 0 Å². The Hall–Kier alpha value is -7.95. The molecule has 2 aliphatic rings. The standard InChI is InChI=1S/C59H39FN2O/c60-41-22-16-25-43(35-41)61(44-32-33-47-46-27-12-14-29-51(46)62(52(47)36-44)42-23-8-3-9-24-42)53-37-50-57(56-48-28-13-15-30-54(48)63-58(53)56)55-45-26-11-10-17-38(45)31-34-49(55)59(50,39-18-4-1-5-19-39)40-20-6-2-7-21-40/h1-23,25-37,42H,24H2. The fourth-order valence-electron chi connectivity index (χ4n) is 11.1. The molecule has 0 aliphatic heterocycles. The number of furan rings is 1. The van der Waals surface area contributed by atoms with Gasteiger partial charge in [-0.05, 0) is 99.1 Å². The van der Waals surface area contributed by atoms with Gasteiger partial charge < -0.3 is 13.9 Å². The summed E-state index contributed by atoms with van der Waals surface area (Å²) in [6.07, 6.45) is 9.69. The zero-order valence-electron chi connectivity index (χ0n) is 34.2. The lowest BCUT2D eigenvalue weighted by molar-refractivity contribution is 0.628. The van der Waals surface area contributed by atoms with E-state index in [2.05, 4.69) is 198 Å². The second kappa shape index (κ2) is 13.8. The SMILES string of the molecule is Fc1cccc(N(c2ccc3c4ccccc4n(C4C=CC=CC4)c3c2)c2cc3c(c4c2oc2ccccc24)-c2c(ccc4ccccc24)C3(c2ccccc2)c2ccccc2)c1. The van der Waals surface area contributed by atoms with Gasteiger partial charge in [-0.25, -0.2) is 4.39 Å². The summed E-state index contributed by atoms with van der Waals surface area (Å²) in [5.41, 5.74) is 12.6. The van der Waals surface area contributed by atoms with E-state index in [4.69, 9.17) is 4.42 Å². The summed E-state index contributed by atoms with van der Waals surface area (Å²) >= 11 is 0. The first-order chi connectivity index (χ1) is 31.2. The van der Waals surface area contributed by atoms with Crippen molar-refractivity contribution in [1.82, 2.24) is 4.57 Å². The van der Waals surface area contributed by atoms with Crippen LogP contribution in [-0.4, -0.2) is 4.57 Å². The van der Waals surface area contributed by atoms with Gasteiger partial charge >= 0.3 is 0 Å². The number of hydrogen-bond acceptors (Lipinski definition) is 2. The molecule has 0 saturated heterocycles. The minimum Gasteiger partial charge on any atom is -0.454 e. The van der Waals surface area contributed by atoms with E-state index in [0.717, 1.165) is 56.4 Å². The molecule has 2 aromatic heterocycles. The number of halogens is 1. The topological polar surface area (TPSA) is 21.3 Å². The molecule has 0 N–H and O–H groups in total. The summed E-state index contributed by atoms with van der Waals surface area (Å²) in [5.74, 6) is -0.310. The molecule has 298 valence electrons. The summed E-state index contributed by atoms with van der Waals surface area (Å²) in [4.78, 5) is 2.22. The third-order valence-electron chi connectivity index (χ3n) is 13.6. The lowest BCUT2D eigenvalue weighted by atomic mass is 9.67. The van der Waals surface area contributed by atoms with Gasteiger partial charge in [0.1, 0.15) is 11.4 Å². The van der Waals surface area contributed by atoms with E-state index in [1.165, 1.54) is 55.4 Å². The molecule has 63 heavy (non-hydrogen) atoms. The van der Waals surface area contributed by atoms with Gasteiger partial charge in [-0.2, -0.15) is 0 Å². The van der Waals surface area contributed by atoms with Crippen LogP contribution in [0.2, 0.25) is 0 Å². The third kappa shape index (κ3) is 5.12. The van der Waals surface area contributed by atoms with Crippen LogP contribution in [0, 0.1) is 5.82 Å². The number of nitrogens with zero attached hydrogens (tertiary/aromatic N) is 2. The molecule has 0 saturated carbocycles. The Bertz CT molecular complexity index is 3650. The summed E-state index contributed by atoms with van der Waals surface area (Å²) in [7, 11) is 0. The van der Waals surface area contributed by atoms with E-state index in [9.17, 15) is 0 Å². The average Bonchev–Trinajstić information content (AvgIpc) is 3.99. The monoisotopic (exact) mass is 810 g/mol. The molecule has 0 spiro atoms. The molecule has 1 unspecified atom stereocenters. The highest BCUT2D eigenvalue weighted by molar-refractivity contribution is 6.22. The molecule has 13 rings (SSSR count). The summed E-state index contributed by atoms with van der Waals surface area (Å²) < 4.78 is 25.4. The zero-order valence-corrected chi connectivity index (χ0v) is 34.2. The number of anilines is 3. The van der Waals surface area contributed by atoms with Crippen LogP contribution >= 0.6 is 0 Å². The maximum atomic E-state index is 15.8. The first-order valence-corrected chi connectivity index (χ1v) is 21.7. The smallest absolute Gasteiger partial charge is 0.160 e. The summed E-state index contributed by atoms with van der Waals surface area (Å²) in [6.45, 7) is 0. The predicted octanol–water partition coefficient (Wildman–Crippen LogP) is 15.9. The van der Waals surface area contributed by atoms with Crippen LogP contribution in [0.15, 0.2) is 223 Å². The van der Waals surface area contributed by atoms with Crippen molar-refractivity contribution in [3.8, 4) is 11.1 Å². The molecule has 1 atom stereocenters. The molecule has 0 fully saturated rings. The number of rotatable bonds is 6. The Morgan fingerprint density at radius 1 is 0.540 bits per heavy atom. The first kappa shape index (κ1) is 35.8. The van der Waals surface area contributed by atoms with E-state index in [-0.39, 0.29) is 11.9 Å². The number of aromatic nitrogens is 1. The van der Waals surface area contributed by atoms with Crippen LogP contribution in [-0.2, 0) is 5.41 Å². The number of fused-ring (bicyclic) bond motifs is 12. The predicted molar refractivity (Wildman–Crippen MR) is 258 cm³/mol. The molecule has 0 amide bonds. The molecular weight excluding hydrogens is 772 g/mol. The molecule has 11 aromatic rings. The Morgan fingerprint density at radius 3 is 2.02 bits per heavy atom. The molecule has 3 nitrogen and oxygen atoms in total. The van der Waals surface area contributed by atoms with Gasteiger partial charge in [-0.1, -0.05) is 170 Å². The largest absolute Gasteiger partial charge is 0.454 e. The molecular formula is C59H39FN2O. The van der Waals surface area contributed by atoms with Crippen LogP contribution in [0.5, 0.6) is 0 Å². The number of allylic oxidation sites excluding steroid dienone is 4. The normalized spacial score (nSPS) is 15.2.